The summed E-state index contributed by atoms with van der Waals surface area (Å²) in [5.74, 6) is 1.23. The van der Waals surface area contributed by atoms with Crippen molar-refractivity contribution in [1.82, 2.24) is 4.90 Å². The van der Waals surface area contributed by atoms with Crippen LogP contribution >= 0.6 is 0 Å². The fraction of sp³-hybridized carbons (Fsp3) is 0.909. The average molecular weight is 181 g/mol. The molecule has 13 heavy (non-hydrogen) atoms. The van der Waals surface area contributed by atoms with Crippen molar-refractivity contribution in [3.8, 4) is 0 Å². The minimum absolute atomic E-state index is 0.402. The number of amides is 1. The Morgan fingerprint density at radius 2 is 2.15 bits per heavy atom. The molecule has 2 unspecified atom stereocenters. The highest BCUT2D eigenvalue weighted by molar-refractivity contribution is 5.78. The molecule has 2 fully saturated rings. The summed E-state index contributed by atoms with van der Waals surface area (Å²) in [5.41, 5.74) is 0. The Morgan fingerprint density at radius 1 is 1.31 bits per heavy atom. The maximum absolute atomic E-state index is 11.5. The molecule has 0 aromatic carbocycles. The molecule has 0 aromatic heterocycles. The van der Waals surface area contributed by atoms with Crippen LogP contribution in [0.25, 0.3) is 0 Å². The molecule has 0 spiro atoms. The smallest absolute Gasteiger partial charge is 0.222 e. The number of hydrogen-bond acceptors (Lipinski definition) is 1. The summed E-state index contributed by atoms with van der Waals surface area (Å²) in [6, 6.07) is 0.582. The van der Waals surface area contributed by atoms with Gasteiger partial charge in [0, 0.05) is 19.0 Å². The summed E-state index contributed by atoms with van der Waals surface area (Å²) in [5, 5.41) is 0. The standard InChI is InChI=1S/C11H19NO/c1-9-4-2-5-10(8-9)12-7-3-6-11(12)13/h9-10H,2-8H2,1H3. The molecule has 1 aliphatic heterocycles. The monoisotopic (exact) mass is 181 g/mol. The van der Waals surface area contributed by atoms with E-state index in [9.17, 15) is 4.79 Å². The van der Waals surface area contributed by atoms with E-state index in [-0.39, 0.29) is 0 Å². The van der Waals surface area contributed by atoms with Crippen LogP contribution in [0.1, 0.15) is 45.4 Å². The average Bonchev–Trinajstić information content (AvgIpc) is 2.51. The summed E-state index contributed by atoms with van der Waals surface area (Å²) in [4.78, 5) is 13.6. The third-order valence-corrected chi connectivity index (χ3v) is 3.46. The van der Waals surface area contributed by atoms with Gasteiger partial charge < -0.3 is 4.90 Å². The first-order chi connectivity index (χ1) is 6.27. The van der Waals surface area contributed by atoms with Gasteiger partial charge in [-0.2, -0.15) is 0 Å². The van der Waals surface area contributed by atoms with E-state index in [1.54, 1.807) is 0 Å². The minimum atomic E-state index is 0.402. The van der Waals surface area contributed by atoms with Crippen LogP contribution in [0.5, 0.6) is 0 Å². The van der Waals surface area contributed by atoms with Crippen molar-refractivity contribution < 1.29 is 4.79 Å². The van der Waals surface area contributed by atoms with Crippen LogP contribution in [0.4, 0.5) is 0 Å². The van der Waals surface area contributed by atoms with Crippen LogP contribution in [0.15, 0.2) is 0 Å². The van der Waals surface area contributed by atoms with Crippen molar-refractivity contribution in [2.24, 2.45) is 5.92 Å². The molecule has 0 bridgehead atoms. The number of rotatable bonds is 1. The lowest BCUT2D eigenvalue weighted by Gasteiger charge is -2.33. The third kappa shape index (κ3) is 1.87. The van der Waals surface area contributed by atoms with Crippen molar-refractivity contribution in [2.75, 3.05) is 6.54 Å². The van der Waals surface area contributed by atoms with Gasteiger partial charge in [0.2, 0.25) is 5.91 Å². The fourth-order valence-electron chi connectivity index (χ4n) is 2.74. The van der Waals surface area contributed by atoms with Crippen LogP contribution in [0.3, 0.4) is 0 Å². The first kappa shape index (κ1) is 9.04. The molecule has 2 nitrogen and oxygen atoms in total. The van der Waals surface area contributed by atoms with Crippen molar-refractivity contribution in [1.29, 1.82) is 0 Å². The van der Waals surface area contributed by atoms with E-state index < -0.39 is 0 Å². The molecule has 2 atom stereocenters. The summed E-state index contributed by atoms with van der Waals surface area (Å²) >= 11 is 0. The SMILES string of the molecule is CC1CCCC(N2CCCC2=O)C1. The summed E-state index contributed by atoms with van der Waals surface area (Å²) in [6.45, 7) is 3.34. The lowest BCUT2D eigenvalue weighted by Crippen LogP contribution is -2.39. The van der Waals surface area contributed by atoms with E-state index in [1.165, 1.54) is 25.7 Å². The zero-order chi connectivity index (χ0) is 9.26. The molecule has 0 N–H and O–H groups in total. The van der Waals surface area contributed by atoms with Gasteiger partial charge in [-0.15, -0.1) is 0 Å². The molecule has 2 aliphatic rings. The second-order valence-corrected chi connectivity index (χ2v) is 4.62. The van der Waals surface area contributed by atoms with E-state index in [0.717, 1.165) is 25.3 Å². The maximum Gasteiger partial charge on any atom is 0.222 e. The Bertz CT molecular complexity index is 202. The second-order valence-electron chi connectivity index (χ2n) is 4.62. The first-order valence-electron chi connectivity index (χ1n) is 5.57. The van der Waals surface area contributed by atoms with Gasteiger partial charge in [-0.05, 0) is 25.2 Å². The highest BCUT2D eigenvalue weighted by Gasteiger charge is 2.30. The lowest BCUT2D eigenvalue weighted by molar-refractivity contribution is -0.130. The number of hydrogen-bond donors (Lipinski definition) is 0. The predicted molar refractivity (Wildman–Crippen MR) is 52.4 cm³/mol. The van der Waals surface area contributed by atoms with Crippen LogP contribution in [-0.2, 0) is 4.79 Å². The van der Waals surface area contributed by atoms with Crippen LogP contribution in [0.2, 0.25) is 0 Å². The van der Waals surface area contributed by atoms with Gasteiger partial charge in [0.15, 0.2) is 0 Å². The zero-order valence-electron chi connectivity index (χ0n) is 8.46. The van der Waals surface area contributed by atoms with Gasteiger partial charge in [0.1, 0.15) is 0 Å². The molecule has 2 heteroatoms. The largest absolute Gasteiger partial charge is 0.340 e. The summed E-state index contributed by atoms with van der Waals surface area (Å²) < 4.78 is 0. The molecule has 74 valence electrons. The Hall–Kier alpha value is -0.530. The zero-order valence-corrected chi connectivity index (χ0v) is 8.46. The molecule has 0 radical (unpaired) electrons. The Kier molecular flexibility index (Phi) is 2.56. The van der Waals surface area contributed by atoms with Crippen molar-refractivity contribution in [3.63, 3.8) is 0 Å². The van der Waals surface area contributed by atoms with Gasteiger partial charge in [0.25, 0.3) is 0 Å². The molecular weight excluding hydrogens is 162 g/mol. The third-order valence-electron chi connectivity index (χ3n) is 3.46. The van der Waals surface area contributed by atoms with E-state index in [4.69, 9.17) is 0 Å². The molecular formula is C11H19NO. The molecule has 0 aromatic rings. The second kappa shape index (κ2) is 3.69. The quantitative estimate of drug-likeness (QED) is 0.607. The van der Waals surface area contributed by atoms with Gasteiger partial charge in [-0.1, -0.05) is 19.8 Å². The molecule has 1 amide bonds. The highest BCUT2D eigenvalue weighted by atomic mass is 16.2. The van der Waals surface area contributed by atoms with Gasteiger partial charge >= 0.3 is 0 Å². The van der Waals surface area contributed by atoms with Crippen LogP contribution < -0.4 is 0 Å². The van der Waals surface area contributed by atoms with E-state index in [0.29, 0.717) is 11.9 Å². The van der Waals surface area contributed by atoms with Crippen molar-refractivity contribution >= 4 is 5.91 Å². The molecule has 2 rings (SSSR count). The molecule has 1 saturated carbocycles. The Labute approximate surface area is 80.3 Å². The summed E-state index contributed by atoms with van der Waals surface area (Å²) in [7, 11) is 0. The lowest BCUT2D eigenvalue weighted by atomic mass is 9.86. The number of nitrogens with zero attached hydrogens (tertiary/aromatic N) is 1. The summed E-state index contributed by atoms with van der Waals surface area (Å²) in [6.07, 6.45) is 7.05. The Morgan fingerprint density at radius 3 is 2.77 bits per heavy atom. The van der Waals surface area contributed by atoms with Gasteiger partial charge in [-0.3, -0.25) is 4.79 Å². The van der Waals surface area contributed by atoms with Crippen LogP contribution in [-0.4, -0.2) is 23.4 Å². The maximum atomic E-state index is 11.5. The topological polar surface area (TPSA) is 20.3 Å². The first-order valence-corrected chi connectivity index (χ1v) is 5.57. The predicted octanol–water partition coefficient (Wildman–Crippen LogP) is 2.19. The fourth-order valence-corrected chi connectivity index (χ4v) is 2.74. The van der Waals surface area contributed by atoms with Crippen molar-refractivity contribution in [3.05, 3.63) is 0 Å². The van der Waals surface area contributed by atoms with E-state index in [2.05, 4.69) is 11.8 Å². The molecule has 1 aliphatic carbocycles. The normalized spacial score (nSPS) is 35.5. The Balaban J connectivity index is 1.95. The van der Waals surface area contributed by atoms with Gasteiger partial charge in [-0.25, -0.2) is 0 Å². The van der Waals surface area contributed by atoms with E-state index >= 15 is 0 Å². The highest BCUT2D eigenvalue weighted by Crippen LogP contribution is 2.29. The van der Waals surface area contributed by atoms with Crippen LogP contribution in [0, 0.1) is 5.92 Å². The minimum Gasteiger partial charge on any atom is -0.340 e. The molecule has 1 heterocycles. The number of likely N-dealkylation sites (tertiary alicyclic amines) is 1. The van der Waals surface area contributed by atoms with Crippen molar-refractivity contribution in [2.45, 2.75) is 51.5 Å². The molecule has 1 saturated heterocycles. The van der Waals surface area contributed by atoms with E-state index in [1.807, 2.05) is 0 Å². The number of carbonyl (C=O) groups is 1. The number of carbonyl (C=O) groups excluding carboxylic acids is 1. The van der Waals surface area contributed by atoms with Gasteiger partial charge in [0.05, 0.1) is 0 Å².